The molecule has 0 amide bonds. The average molecular weight is 237 g/mol. The van der Waals surface area contributed by atoms with Crippen molar-refractivity contribution in [2.24, 2.45) is 5.11 Å². The van der Waals surface area contributed by atoms with Crippen LogP contribution in [0.4, 0.5) is 0 Å². The van der Waals surface area contributed by atoms with Crippen LogP contribution in [0.2, 0.25) is 0 Å². The Balaban J connectivity index is 2.38. The first-order valence-electron chi connectivity index (χ1n) is 5.51. The summed E-state index contributed by atoms with van der Waals surface area (Å²) in [6.45, 7) is 0. The van der Waals surface area contributed by atoms with Crippen LogP contribution in [-0.2, 0) is 0 Å². The topological polar surface area (TPSA) is 65.8 Å². The molecule has 0 fully saturated rings. The van der Waals surface area contributed by atoms with E-state index < -0.39 is 6.04 Å². The van der Waals surface area contributed by atoms with Gasteiger partial charge < -0.3 is 0 Å². The van der Waals surface area contributed by atoms with E-state index in [0.29, 0.717) is 11.1 Å². The van der Waals surface area contributed by atoms with Gasteiger partial charge >= 0.3 is 0 Å². The minimum atomic E-state index is -0.807. The van der Waals surface area contributed by atoms with Crippen LogP contribution in [0.25, 0.3) is 10.4 Å². The second kappa shape index (κ2) is 5.66. The smallest absolute Gasteiger partial charge is 0.176 e. The summed E-state index contributed by atoms with van der Waals surface area (Å²) >= 11 is 0. The second-order valence-electron chi connectivity index (χ2n) is 3.75. The highest BCUT2D eigenvalue weighted by Gasteiger charge is 2.20. The summed E-state index contributed by atoms with van der Waals surface area (Å²) in [6.07, 6.45) is 0. The maximum Gasteiger partial charge on any atom is 0.176 e. The molecule has 0 aliphatic rings. The zero-order valence-electron chi connectivity index (χ0n) is 9.60. The van der Waals surface area contributed by atoms with Gasteiger partial charge in [-0.1, -0.05) is 65.8 Å². The first-order chi connectivity index (χ1) is 8.83. The third-order valence-electron chi connectivity index (χ3n) is 2.59. The minimum absolute atomic E-state index is 0.195. The summed E-state index contributed by atoms with van der Waals surface area (Å²) < 4.78 is 0. The number of carbonyl (C=O) groups excluding carboxylic acids is 1. The van der Waals surface area contributed by atoms with Crippen molar-refractivity contribution in [1.29, 1.82) is 0 Å². The molecule has 0 heterocycles. The zero-order valence-corrected chi connectivity index (χ0v) is 9.60. The Morgan fingerprint density at radius 2 is 1.56 bits per heavy atom. The maximum absolute atomic E-state index is 12.3. The minimum Gasteiger partial charge on any atom is -0.293 e. The van der Waals surface area contributed by atoms with Crippen molar-refractivity contribution < 1.29 is 4.79 Å². The Hall–Kier alpha value is -2.58. The highest BCUT2D eigenvalue weighted by molar-refractivity contribution is 6.00. The lowest BCUT2D eigenvalue weighted by atomic mass is 9.98. The molecule has 1 atom stereocenters. The lowest BCUT2D eigenvalue weighted by Crippen LogP contribution is -2.10. The molecule has 0 N–H and O–H groups in total. The number of rotatable bonds is 4. The first kappa shape index (κ1) is 11.9. The van der Waals surface area contributed by atoms with Gasteiger partial charge in [-0.25, -0.2) is 0 Å². The molecule has 0 saturated heterocycles. The summed E-state index contributed by atoms with van der Waals surface area (Å²) in [4.78, 5) is 15.0. The van der Waals surface area contributed by atoms with Crippen molar-refractivity contribution in [3.8, 4) is 0 Å². The van der Waals surface area contributed by atoms with Gasteiger partial charge in [0.15, 0.2) is 5.78 Å². The summed E-state index contributed by atoms with van der Waals surface area (Å²) in [5.41, 5.74) is 9.84. The Morgan fingerprint density at radius 3 is 2.11 bits per heavy atom. The summed E-state index contributed by atoms with van der Waals surface area (Å²) in [5, 5.41) is 3.60. The second-order valence-corrected chi connectivity index (χ2v) is 3.75. The molecule has 0 spiro atoms. The van der Waals surface area contributed by atoms with Crippen molar-refractivity contribution in [3.63, 3.8) is 0 Å². The molecule has 0 saturated carbocycles. The van der Waals surface area contributed by atoms with E-state index >= 15 is 0 Å². The van der Waals surface area contributed by atoms with Crippen LogP contribution in [-0.4, -0.2) is 5.78 Å². The Labute approximate surface area is 105 Å². The number of hydrogen-bond acceptors (Lipinski definition) is 2. The van der Waals surface area contributed by atoms with Gasteiger partial charge in [0.1, 0.15) is 6.04 Å². The number of azide groups is 1. The van der Waals surface area contributed by atoms with Crippen LogP contribution in [0.3, 0.4) is 0 Å². The van der Waals surface area contributed by atoms with Gasteiger partial charge in [-0.05, 0) is 11.1 Å². The quantitative estimate of drug-likeness (QED) is 0.344. The monoisotopic (exact) mass is 237 g/mol. The highest BCUT2D eigenvalue weighted by atomic mass is 16.1. The first-order valence-corrected chi connectivity index (χ1v) is 5.51. The van der Waals surface area contributed by atoms with Crippen LogP contribution < -0.4 is 0 Å². The molecule has 0 aliphatic heterocycles. The van der Waals surface area contributed by atoms with E-state index in [1.54, 1.807) is 36.4 Å². The molecule has 0 aromatic heterocycles. The molecule has 2 aromatic rings. The van der Waals surface area contributed by atoms with Crippen LogP contribution in [0.15, 0.2) is 65.8 Å². The molecule has 2 aromatic carbocycles. The number of carbonyl (C=O) groups is 1. The van der Waals surface area contributed by atoms with Crippen molar-refractivity contribution in [2.75, 3.05) is 0 Å². The standard InChI is InChI=1S/C14H11N3O/c15-17-16-13(11-7-3-1-4-8-11)14(18)12-9-5-2-6-10-12/h1-10,13H. The van der Waals surface area contributed by atoms with Crippen molar-refractivity contribution in [1.82, 2.24) is 0 Å². The van der Waals surface area contributed by atoms with E-state index in [2.05, 4.69) is 10.0 Å². The van der Waals surface area contributed by atoms with Crippen LogP contribution in [0, 0.1) is 0 Å². The number of hydrogen-bond donors (Lipinski definition) is 0. The summed E-state index contributed by atoms with van der Waals surface area (Å²) in [6, 6.07) is 17.1. The fourth-order valence-electron chi connectivity index (χ4n) is 1.72. The Morgan fingerprint density at radius 1 is 1.00 bits per heavy atom. The third kappa shape index (κ3) is 2.56. The van der Waals surface area contributed by atoms with Crippen LogP contribution in [0.1, 0.15) is 22.0 Å². The van der Waals surface area contributed by atoms with Gasteiger partial charge in [-0.15, -0.1) is 0 Å². The van der Waals surface area contributed by atoms with Gasteiger partial charge in [-0.2, -0.15) is 0 Å². The lowest BCUT2D eigenvalue weighted by Gasteiger charge is -2.10. The number of benzene rings is 2. The van der Waals surface area contributed by atoms with E-state index in [1.165, 1.54) is 0 Å². The summed E-state index contributed by atoms with van der Waals surface area (Å²) in [7, 11) is 0. The van der Waals surface area contributed by atoms with Gasteiger partial charge in [0.05, 0.1) is 0 Å². The molecule has 0 bridgehead atoms. The van der Waals surface area contributed by atoms with Crippen molar-refractivity contribution >= 4 is 5.78 Å². The molecule has 4 heteroatoms. The molecular weight excluding hydrogens is 226 g/mol. The zero-order chi connectivity index (χ0) is 12.8. The molecule has 4 nitrogen and oxygen atoms in total. The average Bonchev–Trinajstić information content (AvgIpc) is 2.46. The SMILES string of the molecule is [N-]=[N+]=NC(C(=O)c1ccccc1)c1ccccc1. The number of ketones is 1. The fraction of sp³-hybridized carbons (Fsp3) is 0.0714. The fourth-order valence-corrected chi connectivity index (χ4v) is 1.72. The molecule has 0 radical (unpaired) electrons. The van der Waals surface area contributed by atoms with E-state index in [-0.39, 0.29) is 5.78 Å². The van der Waals surface area contributed by atoms with Crippen LogP contribution >= 0.6 is 0 Å². The normalized spacial score (nSPS) is 11.3. The van der Waals surface area contributed by atoms with Gasteiger partial charge in [-0.3, -0.25) is 4.79 Å². The molecule has 1 unspecified atom stereocenters. The molecule has 0 aliphatic carbocycles. The van der Waals surface area contributed by atoms with Gasteiger partial charge in [0.25, 0.3) is 0 Å². The van der Waals surface area contributed by atoms with Gasteiger partial charge in [0.2, 0.25) is 0 Å². The van der Waals surface area contributed by atoms with Crippen molar-refractivity contribution in [3.05, 3.63) is 82.2 Å². The molecule has 88 valence electrons. The molecule has 2 rings (SSSR count). The Bertz CT molecular complexity index is 575. The predicted octanol–water partition coefficient (Wildman–Crippen LogP) is 3.92. The predicted molar refractivity (Wildman–Crippen MR) is 69.1 cm³/mol. The Kier molecular flexibility index (Phi) is 3.74. The van der Waals surface area contributed by atoms with Crippen molar-refractivity contribution in [2.45, 2.75) is 6.04 Å². The maximum atomic E-state index is 12.3. The van der Waals surface area contributed by atoms with E-state index in [9.17, 15) is 4.79 Å². The molecular formula is C14H11N3O. The summed E-state index contributed by atoms with van der Waals surface area (Å²) in [5.74, 6) is -0.195. The largest absolute Gasteiger partial charge is 0.293 e. The third-order valence-corrected chi connectivity index (χ3v) is 2.59. The lowest BCUT2D eigenvalue weighted by molar-refractivity contribution is 0.0961. The molecule has 18 heavy (non-hydrogen) atoms. The van der Waals surface area contributed by atoms with Crippen LogP contribution in [0.5, 0.6) is 0 Å². The van der Waals surface area contributed by atoms with E-state index in [4.69, 9.17) is 5.53 Å². The van der Waals surface area contributed by atoms with Gasteiger partial charge in [0, 0.05) is 10.5 Å². The highest BCUT2D eigenvalue weighted by Crippen LogP contribution is 2.22. The van der Waals surface area contributed by atoms with E-state index in [0.717, 1.165) is 0 Å². The number of Topliss-reactive ketones (excluding diaryl/α,β-unsaturated/α-hetero) is 1. The number of nitrogens with zero attached hydrogens (tertiary/aromatic N) is 3. The van der Waals surface area contributed by atoms with E-state index in [1.807, 2.05) is 24.3 Å².